The van der Waals surface area contributed by atoms with E-state index in [0.717, 1.165) is 6.07 Å². The highest BCUT2D eigenvalue weighted by atomic mass is 19.1. The largest absolute Gasteiger partial charge is 0.465 e. The monoisotopic (exact) mass is 575 g/mol. The molecule has 2 aromatic rings. The summed E-state index contributed by atoms with van der Waals surface area (Å²) in [6.45, 7) is 2.06. The molecule has 3 unspecified atom stereocenters. The maximum absolute atomic E-state index is 15.2. The summed E-state index contributed by atoms with van der Waals surface area (Å²) in [6, 6.07) is 0.392. The molecule has 1 aliphatic carbocycles. The highest BCUT2D eigenvalue weighted by molar-refractivity contribution is 5.95. The Morgan fingerprint density at radius 1 is 1.32 bits per heavy atom. The average Bonchev–Trinajstić information content (AvgIpc) is 3.48. The Morgan fingerprint density at radius 2 is 2.07 bits per heavy atom. The van der Waals surface area contributed by atoms with Crippen LogP contribution in [0.25, 0.3) is 0 Å². The number of hydrogen-bond acceptors (Lipinski definition) is 10. The lowest BCUT2D eigenvalue weighted by Gasteiger charge is -2.23. The van der Waals surface area contributed by atoms with Gasteiger partial charge in [0.15, 0.2) is 18.2 Å². The molecule has 41 heavy (non-hydrogen) atoms. The Hall–Kier alpha value is -3.95. The number of benzene rings is 1. The molecule has 4 N–H and O–H groups in total. The topological polar surface area (TPSA) is 158 Å². The van der Waals surface area contributed by atoms with Crippen molar-refractivity contribution in [1.29, 1.82) is 0 Å². The van der Waals surface area contributed by atoms with Gasteiger partial charge in [-0.25, -0.2) is 23.5 Å². The number of carbonyl (C=O) groups is 3. The second-order valence-corrected chi connectivity index (χ2v) is 10.7. The van der Waals surface area contributed by atoms with Gasteiger partial charge in [0.1, 0.15) is 17.7 Å². The van der Waals surface area contributed by atoms with Gasteiger partial charge in [-0.1, -0.05) is 0 Å². The van der Waals surface area contributed by atoms with Crippen molar-refractivity contribution >= 4 is 35.2 Å². The minimum atomic E-state index is -1.44. The molecular formula is C26H31F2N7O6. The molecule has 1 fully saturated rings. The van der Waals surface area contributed by atoms with Crippen molar-refractivity contribution in [3.63, 3.8) is 0 Å². The fraction of sp³-hybridized carbons (Fsp3) is 0.500. The smallest absolute Gasteiger partial charge is 0.415 e. The predicted molar refractivity (Wildman–Crippen MR) is 142 cm³/mol. The lowest BCUT2D eigenvalue weighted by molar-refractivity contribution is -0.120. The van der Waals surface area contributed by atoms with Gasteiger partial charge in [0.25, 0.3) is 11.8 Å². The summed E-state index contributed by atoms with van der Waals surface area (Å²) in [6.07, 6.45) is 0.416. The third kappa shape index (κ3) is 5.92. The summed E-state index contributed by atoms with van der Waals surface area (Å²) >= 11 is 0. The third-order valence-corrected chi connectivity index (χ3v) is 7.42. The Morgan fingerprint density at radius 3 is 2.83 bits per heavy atom. The molecule has 13 nitrogen and oxygen atoms in total. The normalized spacial score (nSPS) is 22.1. The SMILES string of the molecule is CC(C(=O)Nc1cc(F)c2c(c1F)CC(O)(CNCCC1CN(c3cnc4c(n3)NC(=O)CO4)C(=O)O1)C2)N(C)C. The van der Waals surface area contributed by atoms with Crippen LogP contribution in [0.2, 0.25) is 0 Å². The number of nitrogens with zero attached hydrogens (tertiary/aromatic N) is 4. The molecule has 15 heteroatoms. The van der Waals surface area contributed by atoms with Crippen LogP contribution >= 0.6 is 0 Å². The van der Waals surface area contributed by atoms with Crippen molar-refractivity contribution in [2.75, 3.05) is 55.9 Å². The molecule has 0 bridgehead atoms. The number of anilines is 3. The van der Waals surface area contributed by atoms with Crippen LogP contribution < -0.4 is 25.6 Å². The Bertz CT molecular complexity index is 1390. The molecular weight excluding hydrogens is 544 g/mol. The van der Waals surface area contributed by atoms with E-state index in [1.54, 1.807) is 25.9 Å². The molecule has 0 saturated carbocycles. The number of cyclic esters (lactones) is 1. The number of nitrogens with one attached hydrogen (secondary N) is 3. The van der Waals surface area contributed by atoms with Gasteiger partial charge >= 0.3 is 6.09 Å². The molecule has 1 aromatic carbocycles. The Kier molecular flexibility index (Phi) is 7.76. The predicted octanol–water partition coefficient (Wildman–Crippen LogP) is 0.809. The molecule has 0 spiro atoms. The van der Waals surface area contributed by atoms with Crippen LogP contribution in [0.15, 0.2) is 12.3 Å². The van der Waals surface area contributed by atoms with Gasteiger partial charge < -0.3 is 30.5 Å². The second-order valence-electron chi connectivity index (χ2n) is 10.7. The zero-order chi connectivity index (χ0) is 29.5. The van der Waals surface area contributed by atoms with Crippen LogP contribution in [0, 0.1) is 11.6 Å². The minimum Gasteiger partial charge on any atom is -0.465 e. The Balaban J connectivity index is 1.14. The van der Waals surface area contributed by atoms with Gasteiger partial charge in [0.2, 0.25) is 5.91 Å². The fourth-order valence-electron chi connectivity index (χ4n) is 4.93. The van der Waals surface area contributed by atoms with Crippen molar-refractivity contribution in [1.82, 2.24) is 20.2 Å². The quantitative estimate of drug-likeness (QED) is 0.315. The summed E-state index contributed by atoms with van der Waals surface area (Å²) in [5.41, 5.74) is -1.58. The van der Waals surface area contributed by atoms with Gasteiger partial charge in [0, 0.05) is 25.5 Å². The number of carbonyl (C=O) groups excluding carboxylic acids is 3. The highest BCUT2D eigenvalue weighted by Crippen LogP contribution is 2.37. The van der Waals surface area contributed by atoms with Gasteiger partial charge in [0.05, 0.1) is 30.1 Å². The first-order valence-corrected chi connectivity index (χ1v) is 13.1. The zero-order valence-corrected chi connectivity index (χ0v) is 22.8. The van der Waals surface area contributed by atoms with Crippen LogP contribution in [-0.4, -0.2) is 96.0 Å². The Labute approximate surface area is 234 Å². The maximum Gasteiger partial charge on any atom is 0.415 e. The van der Waals surface area contributed by atoms with Crippen molar-refractivity contribution < 1.29 is 37.7 Å². The number of hydrogen-bond donors (Lipinski definition) is 4. The highest BCUT2D eigenvalue weighted by Gasteiger charge is 2.40. The first-order chi connectivity index (χ1) is 19.4. The molecule has 1 saturated heterocycles. The number of rotatable bonds is 9. The molecule has 0 radical (unpaired) electrons. The minimum absolute atomic E-state index is 0.0372. The van der Waals surface area contributed by atoms with Gasteiger partial charge in [-0.3, -0.25) is 19.4 Å². The van der Waals surface area contributed by atoms with E-state index in [1.807, 2.05) is 0 Å². The first-order valence-electron chi connectivity index (χ1n) is 13.1. The van der Waals surface area contributed by atoms with Crippen LogP contribution in [-0.2, 0) is 27.2 Å². The van der Waals surface area contributed by atoms with Gasteiger partial charge in [-0.2, -0.15) is 0 Å². The number of halogens is 2. The number of likely N-dealkylation sites (N-methyl/N-ethyl adjacent to an activating group) is 1. The van der Waals surface area contributed by atoms with Crippen LogP contribution in [0.1, 0.15) is 24.5 Å². The molecule has 5 rings (SSSR count). The van der Waals surface area contributed by atoms with Crippen LogP contribution in [0.4, 0.5) is 30.9 Å². The molecule has 2 aliphatic heterocycles. The average molecular weight is 576 g/mol. The number of ether oxygens (including phenoxy) is 2. The molecule has 1 aromatic heterocycles. The van der Waals surface area contributed by atoms with E-state index in [9.17, 15) is 23.9 Å². The van der Waals surface area contributed by atoms with Crippen LogP contribution in [0.3, 0.4) is 0 Å². The third-order valence-electron chi connectivity index (χ3n) is 7.42. The van der Waals surface area contributed by atoms with E-state index in [-0.39, 0.29) is 72.8 Å². The lowest BCUT2D eigenvalue weighted by atomic mass is 10.0. The van der Waals surface area contributed by atoms with E-state index in [2.05, 4.69) is 25.9 Å². The summed E-state index contributed by atoms with van der Waals surface area (Å²) < 4.78 is 40.7. The summed E-state index contributed by atoms with van der Waals surface area (Å²) in [5.74, 6) is -1.83. The maximum atomic E-state index is 15.2. The second kappa shape index (κ2) is 11.1. The van der Waals surface area contributed by atoms with Gasteiger partial charge in [-0.15, -0.1) is 0 Å². The van der Waals surface area contributed by atoms with E-state index in [1.165, 1.54) is 11.1 Å². The number of fused-ring (bicyclic) bond motifs is 2. The summed E-state index contributed by atoms with van der Waals surface area (Å²) in [7, 11) is 3.40. The first kappa shape index (κ1) is 28.6. The standard InChI is InChI=1S/C26H31F2N7O6/c1-13(34(2)3)23(37)31-18-6-17(27)15-7-26(39,8-16(15)21(18)28)12-29-5-4-14-10-35(25(38)41-14)19-9-30-24-22(32-19)33-20(36)11-40-24/h6,9,13-14,29,39H,4-5,7-8,10-12H2,1-3H3,(H,31,37)(H,32,33,36). The number of amides is 3. The van der Waals surface area contributed by atoms with Gasteiger partial charge in [-0.05, 0) is 45.1 Å². The van der Waals surface area contributed by atoms with Crippen molar-refractivity contribution in [3.8, 4) is 5.88 Å². The number of aliphatic hydroxyl groups is 1. The van der Waals surface area contributed by atoms with Crippen molar-refractivity contribution in [2.45, 2.75) is 43.9 Å². The zero-order valence-electron chi connectivity index (χ0n) is 22.8. The molecule has 3 atom stereocenters. The molecule has 3 aliphatic rings. The number of aromatic nitrogens is 2. The van der Waals surface area contributed by atoms with E-state index in [0.29, 0.717) is 13.0 Å². The van der Waals surface area contributed by atoms with Crippen molar-refractivity contribution in [2.24, 2.45) is 0 Å². The fourth-order valence-corrected chi connectivity index (χ4v) is 4.93. The molecule has 220 valence electrons. The van der Waals surface area contributed by atoms with E-state index < -0.39 is 41.4 Å². The molecule has 3 heterocycles. The van der Waals surface area contributed by atoms with E-state index >= 15 is 4.39 Å². The van der Waals surface area contributed by atoms with E-state index in [4.69, 9.17) is 9.47 Å². The summed E-state index contributed by atoms with van der Waals surface area (Å²) in [5, 5.41) is 19.2. The summed E-state index contributed by atoms with van der Waals surface area (Å²) in [4.78, 5) is 47.6. The van der Waals surface area contributed by atoms with Crippen LogP contribution in [0.5, 0.6) is 5.88 Å². The molecule has 3 amide bonds. The van der Waals surface area contributed by atoms with Crippen molar-refractivity contribution in [3.05, 3.63) is 35.0 Å². The lowest BCUT2D eigenvalue weighted by Crippen LogP contribution is -2.42.